The third-order valence-corrected chi connectivity index (χ3v) is 4.71. The number of carbonyl (C=O) groups excluding carboxylic acids is 2. The number of fused-ring (bicyclic) bond motifs is 1. The van der Waals surface area contributed by atoms with E-state index in [-0.39, 0.29) is 11.7 Å². The van der Waals surface area contributed by atoms with Crippen molar-refractivity contribution in [1.82, 2.24) is 0 Å². The maximum atomic E-state index is 12.8. The van der Waals surface area contributed by atoms with Crippen LogP contribution < -0.4 is 9.64 Å². The van der Waals surface area contributed by atoms with E-state index in [1.165, 1.54) is 5.56 Å². The molecule has 0 saturated carbocycles. The van der Waals surface area contributed by atoms with Crippen molar-refractivity contribution in [3.8, 4) is 5.75 Å². The molecule has 0 radical (unpaired) electrons. The summed E-state index contributed by atoms with van der Waals surface area (Å²) in [6.45, 7) is 2.54. The van der Waals surface area contributed by atoms with Crippen molar-refractivity contribution >= 4 is 17.4 Å². The van der Waals surface area contributed by atoms with Gasteiger partial charge >= 0.3 is 0 Å². The van der Waals surface area contributed by atoms with Gasteiger partial charge in [-0.15, -0.1) is 0 Å². The Hall–Kier alpha value is -2.62. The van der Waals surface area contributed by atoms with Crippen molar-refractivity contribution in [3.63, 3.8) is 0 Å². The lowest BCUT2D eigenvalue weighted by atomic mass is 9.98. The van der Waals surface area contributed by atoms with Crippen LogP contribution >= 0.6 is 0 Å². The second-order valence-corrected chi connectivity index (χ2v) is 6.25. The number of para-hydroxylation sites is 1. The number of nitrogens with zero attached hydrogens (tertiary/aromatic N) is 1. The second-order valence-electron chi connectivity index (χ2n) is 6.25. The Morgan fingerprint density at radius 3 is 2.52 bits per heavy atom. The average molecular weight is 337 g/mol. The number of amides is 1. The number of ether oxygens (including phenoxy) is 1. The molecule has 2 aromatic rings. The molecular formula is C21H23NO3. The van der Waals surface area contributed by atoms with Gasteiger partial charge in [0.1, 0.15) is 5.75 Å². The normalized spacial score (nSPS) is 13.5. The molecule has 0 fully saturated rings. The summed E-state index contributed by atoms with van der Waals surface area (Å²) in [6.07, 6.45) is 2.48. The molecule has 130 valence electrons. The number of ketones is 1. The fraction of sp³-hybridized carbons (Fsp3) is 0.333. The van der Waals surface area contributed by atoms with Gasteiger partial charge in [-0.2, -0.15) is 0 Å². The standard InChI is InChI=1S/C21H23NO3/c1-3-15-7-9-16(10-8-15)11-12-20(24)22-14-13-18(23)17-5-4-6-19(25-2)21(17)22/h4-10H,3,11-14H2,1-2H3. The lowest BCUT2D eigenvalue weighted by molar-refractivity contribution is -0.118. The Morgan fingerprint density at radius 1 is 1.12 bits per heavy atom. The van der Waals surface area contributed by atoms with E-state index >= 15 is 0 Å². The first-order valence-electron chi connectivity index (χ1n) is 8.72. The van der Waals surface area contributed by atoms with Crippen molar-refractivity contribution < 1.29 is 14.3 Å². The number of methoxy groups -OCH3 is 1. The van der Waals surface area contributed by atoms with Crippen molar-refractivity contribution in [2.24, 2.45) is 0 Å². The summed E-state index contributed by atoms with van der Waals surface area (Å²) in [6, 6.07) is 13.7. The summed E-state index contributed by atoms with van der Waals surface area (Å²) < 4.78 is 5.38. The molecule has 1 amide bonds. The van der Waals surface area contributed by atoms with Crippen molar-refractivity contribution in [2.75, 3.05) is 18.6 Å². The zero-order chi connectivity index (χ0) is 17.8. The Morgan fingerprint density at radius 2 is 1.84 bits per heavy atom. The first-order valence-corrected chi connectivity index (χ1v) is 8.72. The molecule has 25 heavy (non-hydrogen) atoms. The topological polar surface area (TPSA) is 46.6 Å². The third kappa shape index (κ3) is 3.58. The van der Waals surface area contributed by atoms with E-state index in [1.54, 1.807) is 30.2 Å². The van der Waals surface area contributed by atoms with Crippen LogP contribution in [0.15, 0.2) is 42.5 Å². The number of aryl methyl sites for hydroxylation is 2. The fourth-order valence-corrected chi connectivity index (χ4v) is 3.23. The first-order chi connectivity index (χ1) is 12.1. The zero-order valence-corrected chi connectivity index (χ0v) is 14.7. The second kappa shape index (κ2) is 7.51. The van der Waals surface area contributed by atoms with Crippen LogP contribution in [0.1, 0.15) is 41.3 Å². The molecule has 0 N–H and O–H groups in total. The number of benzene rings is 2. The van der Waals surface area contributed by atoms with Gasteiger partial charge in [-0.1, -0.05) is 37.3 Å². The smallest absolute Gasteiger partial charge is 0.227 e. The van der Waals surface area contributed by atoms with E-state index in [0.29, 0.717) is 42.8 Å². The zero-order valence-electron chi connectivity index (χ0n) is 14.7. The molecule has 0 atom stereocenters. The van der Waals surface area contributed by atoms with Crippen LogP contribution in [-0.4, -0.2) is 25.3 Å². The van der Waals surface area contributed by atoms with Gasteiger partial charge in [0.05, 0.1) is 12.8 Å². The highest BCUT2D eigenvalue weighted by atomic mass is 16.5. The van der Waals surface area contributed by atoms with Crippen molar-refractivity contribution in [1.29, 1.82) is 0 Å². The number of hydrogen-bond acceptors (Lipinski definition) is 3. The molecule has 0 spiro atoms. The van der Waals surface area contributed by atoms with Gasteiger partial charge in [0, 0.05) is 24.9 Å². The van der Waals surface area contributed by atoms with Crippen LogP contribution in [0.5, 0.6) is 5.75 Å². The monoisotopic (exact) mass is 337 g/mol. The van der Waals surface area contributed by atoms with Gasteiger partial charge in [-0.3, -0.25) is 9.59 Å². The lowest BCUT2D eigenvalue weighted by Gasteiger charge is -2.30. The highest BCUT2D eigenvalue weighted by molar-refractivity contribution is 6.10. The van der Waals surface area contributed by atoms with Crippen LogP contribution in [0, 0.1) is 0 Å². The van der Waals surface area contributed by atoms with E-state index in [0.717, 1.165) is 12.0 Å². The van der Waals surface area contributed by atoms with Gasteiger partial charge in [0.2, 0.25) is 5.91 Å². The Kier molecular flexibility index (Phi) is 5.17. The van der Waals surface area contributed by atoms with E-state index in [9.17, 15) is 9.59 Å². The van der Waals surface area contributed by atoms with Gasteiger partial charge < -0.3 is 9.64 Å². The summed E-state index contributed by atoms with van der Waals surface area (Å²) in [5.74, 6) is 0.664. The minimum absolute atomic E-state index is 0.0258. The number of Topliss-reactive ketones (excluding diaryl/α,β-unsaturated/α-hetero) is 1. The van der Waals surface area contributed by atoms with Crippen LogP contribution in [0.25, 0.3) is 0 Å². The molecule has 2 aromatic carbocycles. The maximum Gasteiger partial charge on any atom is 0.227 e. The molecule has 1 aliphatic rings. The third-order valence-electron chi connectivity index (χ3n) is 4.71. The summed E-state index contributed by atoms with van der Waals surface area (Å²) >= 11 is 0. The first kappa shape index (κ1) is 17.2. The molecule has 1 heterocycles. The summed E-state index contributed by atoms with van der Waals surface area (Å²) in [4.78, 5) is 26.7. The molecule has 1 aliphatic heterocycles. The van der Waals surface area contributed by atoms with Crippen LogP contribution in [-0.2, 0) is 17.6 Å². The molecule has 3 rings (SSSR count). The molecule has 0 aliphatic carbocycles. The average Bonchev–Trinajstić information content (AvgIpc) is 2.66. The molecule has 0 unspecified atom stereocenters. The van der Waals surface area contributed by atoms with E-state index in [2.05, 4.69) is 31.2 Å². The number of anilines is 1. The van der Waals surface area contributed by atoms with Crippen LogP contribution in [0.4, 0.5) is 5.69 Å². The maximum absolute atomic E-state index is 12.8. The highest BCUT2D eigenvalue weighted by Crippen LogP contribution is 2.36. The van der Waals surface area contributed by atoms with Crippen molar-refractivity contribution in [3.05, 3.63) is 59.2 Å². The predicted molar refractivity (Wildman–Crippen MR) is 98.4 cm³/mol. The Bertz CT molecular complexity index is 780. The molecular weight excluding hydrogens is 314 g/mol. The van der Waals surface area contributed by atoms with Crippen LogP contribution in [0.2, 0.25) is 0 Å². The molecule has 4 heteroatoms. The quantitative estimate of drug-likeness (QED) is 0.833. The number of carbonyl (C=O) groups is 2. The van der Waals surface area contributed by atoms with Gasteiger partial charge in [0.25, 0.3) is 0 Å². The van der Waals surface area contributed by atoms with E-state index < -0.39 is 0 Å². The molecule has 0 aromatic heterocycles. The largest absolute Gasteiger partial charge is 0.495 e. The van der Waals surface area contributed by atoms with Gasteiger partial charge in [0.15, 0.2) is 5.78 Å². The van der Waals surface area contributed by atoms with Crippen molar-refractivity contribution in [2.45, 2.75) is 32.6 Å². The number of rotatable bonds is 5. The summed E-state index contributed by atoms with van der Waals surface area (Å²) in [7, 11) is 1.56. The Balaban J connectivity index is 1.76. The fourth-order valence-electron chi connectivity index (χ4n) is 3.23. The number of hydrogen-bond donors (Lipinski definition) is 0. The summed E-state index contributed by atoms with van der Waals surface area (Å²) in [5.41, 5.74) is 3.64. The van der Waals surface area contributed by atoms with E-state index in [1.807, 2.05) is 0 Å². The summed E-state index contributed by atoms with van der Waals surface area (Å²) in [5, 5.41) is 0. The molecule has 0 saturated heterocycles. The Labute approximate surface area is 148 Å². The van der Waals surface area contributed by atoms with E-state index in [4.69, 9.17) is 4.74 Å². The van der Waals surface area contributed by atoms with Crippen LogP contribution in [0.3, 0.4) is 0 Å². The highest BCUT2D eigenvalue weighted by Gasteiger charge is 2.29. The molecule has 0 bridgehead atoms. The minimum Gasteiger partial charge on any atom is -0.495 e. The van der Waals surface area contributed by atoms with Gasteiger partial charge in [-0.25, -0.2) is 0 Å². The minimum atomic E-state index is 0.0258. The van der Waals surface area contributed by atoms with Gasteiger partial charge in [-0.05, 0) is 36.1 Å². The molecule has 4 nitrogen and oxygen atoms in total. The lowest BCUT2D eigenvalue weighted by Crippen LogP contribution is -2.37. The SMILES string of the molecule is CCc1ccc(CCC(=O)N2CCC(=O)c3cccc(OC)c32)cc1. The predicted octanol–water partition coefficient (Wildman–Crippen LogP) is 3.81.